The fourth-order valence-corrected chi connectivity index (χ4v) is 2.29. The van der Waals surface area contributed by atoms with Crippen LogP contribution in [0.3, 0.4) is 0 Å². The van der Waals surface area contributed by atoms with Crippen molar-refractivity contribution in [2.24, 2.45) is 0 Å². The highest BCUT2D eigenvalue weighted by atomic mass is 16.1. The van der Waals surface area contributed by atoms with Gasteiger partial charge in [-0.15, -0.1) is 0 Å². The highest BCUT2D eigenvalue weighted by Gasteiger charge is 2.12. The molecule has 1 aromatic heterocycles. The Morgan fingerprint density at radius 2 is 1.95 bits per heavy atom. The molecule has 0 radical (unpaired) electrons. The number of para-hydroxylation sites is 1. The summed E-state index contributed by atoms with van der Waals surface area (Å²) in [4.78, 5) is 12.5. The molecule has 21 heavy (non-hydrogen) atoms. The topological polar surface area (TPSA) is 69.8 Å². The minimum Gasteiger partial charge on any atom is -0.385 e. The zero-order chi connectivity index (χ0) is 14.7. The SMILES string of the molecule is CCNc1ccccc1C(=O)Nc1cccc2[nH]ncc12. The predicted molar refractivity (Wildman–Crippen MR) is 84.7 cm³/mol. The van der Waals surface area contributed by atoms with Crippen molar-refractivity contribution in [1.29, 1.82) is 0 Å². The number of carbonyl (C=O) groups excluding carboxylic acids is 1. The largest absolute Gasteiger partial charge is 0.385 e. The third kappa shape index (κ3) is 2.58. The molecule has 0 fully saturated rings. The summed E-state index contributed by atoms with van der Waals surface area (Å²) in [5.41, 5.74) is 3.10. The number of fused-ring (bicyclic) bond motifs is 1. The lowest BCUT2D eigenvalue weighted by Crippen LogP contribution is -2.14. The van der Waals surface area contributed by atoms with E-state index in [-0.39, 0.29) is 5.91 Å². The molecule has 0 saturated carbocycles. The minimum atomic E-state index is -0.139. The van der Waals surface area contributed by atoms with E-state index in [0.717, 1.165) is 28.8 Å². The normalized spacial score (nSPS) is 10.5. The van der Waals surface area contributed by atoms with E-state index >= 15 is 0 Å². The molecule has 5 nitrogen and oxygen atoms in total. The summed E-state index contributed by atoms with van der Waals surface area (Å²) in [5.74, 6) is -0.139. The van der Waals surface area contributed by atoms with Gasteiger partial charge in [0.05, 0.1) is 23.0 Å². The second kappa shape index (κ2) is 5.66. The Kier molecular flexibility index (Phi) is 3.55. The molecule has 3 rings (SSSR count). The van der Waals surface area contributed by atoms with E-state index in [1.807, 2.05) is 49.4 Å². The Morgan fingerprint density at radius 3 is 2.81 bits per heavy atom. The lowest BCUT2D eigenvalue weighted by Gasteiger charge is -2.11. The number of benzene rings is 2. The standard InChI is InChI=1S/C16H16N4O/c1-2-17-13-7-4-3-6-11(13)16(21)19-14-8-5-9-15-12(14)10-18-20-15/h3-10,17H,2H2,1H3,(H,18,20)(H,19,21). The Labute approximate surface area is 122 Å². The number of nitrogens with zero attached hydrogens (tertiary/aromatic N) is 1. The number of anilines is 2. The van der Waals surface area contributed by atoms with E-state index in [2.05, 4.69) is 20.8 Å². The zero-order valence-electron chi connectivity index (χ0n) is 11.7. The summed E-state index contributed by atoms with van der Waals surface area (Å²) in [6.07, 6.45) is 1.71. The Balaban J connectivity index is 1.92. The lowest BCUT2D eigenvalue weighted by atomic mass is 10.1. The van der Waals surface area contributed by atoms with Crippen molar-refractivity contribution >= 4 is 28.2 Å². The van der Waals surface area contributed by atoms with Crippen LogP contribution in [-0.4, -0.2) is 22.6 Å². The van der Waals surface area contributed by atoms with Gasteiger partial charge in [-0.2, -0.15) is 5.10 Å². The van der Waals surface area contributed by atoms with Gasteiger partial charge in [-0.1, -0.05) is 18.2 Å². The van der Waals surface area contributed by atoms with Gasteiger partial charge >= 0.3 is 0 Å². The van der Waals surface area contributed by atoms with Crippen molar-refractivity contribution in [1.82, 2.24) is 10.2 Å². The second-order valence-electron chi connectivity index (χ2n) is 4.67. The zero-order valence-corrected chi connectivity index (χ0v) is 11.7. The highest BCUT2D eigenvalue weighted by Crippen LogP contribution is 2.23. The van der Waals surface area contributed by atoms with Crippen molar-refractivity contribution in [3.8, 4) is 0 Å². The van der Waals surface area contributed by atoms with Crippen LogP contribution >= 0.6 is 0 Å². The maximum absolute atomic E-state index is 12.5. The average Bonchev–Trinajstić information content (AvgIpc) is 2.98. The monoisotopic (exact) mass is 280 g/mol. The Bertz CT molecular complexity index is 779. The van der Waals surface area contributed by atoms with Gasteiger partial charge in [-0.25, -0.2) is 0 Å². The molecular formula is C16H16N4O. The summed E-state index contributed by atoms with van der Waals surface area (Å²) in [6, 6.07) is 13.1. The molecule has 0 saturated heterocycles. The maximum atomic E-state index is 12.5. The molecule has 106 valence electrons. The van der Waals surface area contributed by atoms with Crippen molar-refractivity contribution in [3.05, 3.63) is 54.2 Å². The van der Waals surface area contributed by atoms with E-state index < -0.39 is 0 Å². The van der Waals surface area contributed by atoms with Crippen molar-refractivity contribution in [2.75, 3.05) is 17.2 Å². The molecule has 3 aromatic rings. The fourth-order valence-electron chi connectivity index (χ4n) is 2.29. The summed E-state index contributed by atoms with van der Waals surface area (Å²) >= 11 is 0. The van der Waals surface area contributed by atoms with Gasteiger partial charge in [0.1, 0.15) is 0 Å². The quantitative estimate of drug-likeness (QED) is 0.687. The van der Waals surface area contributed by atoms with Crippen LogP contribution in [0.4, 0.5) is 11.4 Å². The number of hydrogen-bond acceptors (Lipinski definition) is 3. The van der Waals surface area contributed by atoms with Gasteiger partial charge in [0.25, 0.3) is 5.91 Å². The number of nitrogens with one attached hydrogen (secondary N) is 3. The summed E-state index contributed by atoms with van der Waals surface area (Å²) in [5, 5.41) is 13.9. The van der Waals surface area contributed by atoms with Crippen LogP contribution in [0.15, 0.2) is 48.7 Å². The van der Waals surface area contributed by atoms with Crippen LogP contribution in [0.5, 0.6) is 0 Å². The average molecular weight is 280 g/mol. The highest BCUT2D eigenvalue weighted by molar-refractivity contribution is 6.11. The number of carbonyl (C=O) groups is 1. The molecule has 0 aliphatic heterocycles. The van der Waals surface area contributed by atoms with Crippen LogP contribution in [0.1, 0.15) is 17.3 Å². The van der Waals surface area contributed by atoms with E-state index in [0.29, 0.717) is 5.56 Å². The number of aromatic nitrogens is 2. The lowest BCUT2D eigenvalue weighted by molar-refractivity contribution is 0.102. The van der Waals surface area contributed by atoms with E-state index in [9.17, 15) is 4.79 Å². The molecule has 0 spiro atoms. The first-order valence-electron chi connectivity index (χ1n) is 6.86. The molecule has 1 amide bonds. The first-order valence-corrected chi connectivity index (χ1v) is 6.86. The third-order valence-corrected chi connectivity index (χ3v) is 3.27. The number of amides is 1. The molecule has 5 heteroatoms. The molecule has 0 atom stereocenters. The van der Waals surface area contributed by atoms with Crippen LogP contribution in [-0.2, 0) is 0 Å². The molecular weight excluding hydrogens is 264 g/mol. The molecule has 2 aromatic carbocycles. The second-order valence-corrected chi connectivity index (χ2v) is 4.67. The molecule has 0 aliphatic rings. The van der Waals surface area contributed by atoms with Crippen molar-refractivity contribution in [2.45, 2.75) is 6.92 Å². The van der Waals surface area contributed by atoms with Gasteiger partial charge in [-0.3, -0.25) is 9.89 Å². The summed E-state index contributed by atoms with van der Waals surface area (Å²) in [6.45, 7) is 2.77. The van der Waals surface area contributed by atoms with Crippen LogP contribution in [0, 0.1) is 0 Å². The number of aromatic amines is 1. The summed E-state index contributed by atoms with van der Waals surface area (Å²) in [7, 11) is 0. The van der Waals surface area contributed by atoms with E-state index in [1.54, 1.807) is 6.20 Å². The molecule has 0 aliphatic carbocycles. The first-order chi connectivity index (χ1) is 10.3. The molecule has 3 N–H and O–H groups in total. The third-order valence-electron chi connectivity index (χ3n) is 3.27. The van der Waals surface area contributed by atoms with E-state index in [4.69, 9.17) is 0 Å². The predicted octanol–water partition coefficient (Wildman–Crippen LogP) is 3.25. The van der Waals surface area contributed by atoms with Crippen molar-refractivity contribution in [3.63, 3.8) is 0 Å². The van der Waals surface area contributed by atoms with E-state index in [1.165, 1.54) is 0 Å². The first kappa shape index (κ1) is 13.2. The minimum absolute atomic E-state index is 0.139. The van der Waals surface area contributed by atoms with Crippen molar-refractivity contribution < 1.29 is 4.79 Å². The van der Waals surface area contributed by atoms with Gasteiger partial charge in [-0.05, 0) is 31.2 Å². The van der Waals surface area contributed by atoms with Gasteiger partial charge in [0.15, 0.2) is 0 Å². The fraction of sp³-hybridized carbons (Fsp3) is 0.125. The number of H-pyrrole nitrogens is 1. The Morgan fingerprint density at radius 1 is 1.14 bits per heavy atom. The summed E-state index contributed by atoms with van der Waals surface area (Å²) < 4.78 is 0. The number of hydrogen-bond donors (Lipinski definition) is 3. The molecule has 1 heterocycles. The molecule has 0 bridgehead atoms. The van der Waals surface area contributed by atoms with Crippen LogP contribution in [0.25, 0.3) is 10.9 Å². The number of rotatable bonds is 4. The Hall–Kier alpha value is -2.82. The van der Waals surface area contributed by atoms with Gasteiger partial charge < -0.3 is 10.6 Å². The van der Waals surface area contributed by atoms with Crippen LogP contribution in [0.2, 0.25) is 0 Å². The van der Waals surface area contributed by atoms with Crippen LogP contribution < -0.4 is 10.6 Å². The maximum Gasteiger partial charge on any atom is 0.257 e. The molecule has 0 unspecified atom stereocenters. The smallest absolute Gasteiger partial charge is 0.257 e. The van der Waals surface area contributed by atoms with Gasteiger partial charge in [0, 0.05) is 17.6 Å². The van der Waals surface area contributed by atoms with Gasteiger partial charge in [0.2, 0.25) is 0 Å².